The Morgan fingerprint density at radius 1 is 0.867 bits per heavy atom. The normalized spacial score (nSPS) is 11.3. The second-order valence-corrected chi connectivity index (χ2v) is 7.47. The molecule has 0 aliphatic carbocycles. The maximum atomic E-state index is 12.2. The lowest BCUT2D eigenvalue weighted by molar-refractivity contribution is 0.0699. The third-order valence-corrected chi connectivity index (χ3v) is 5.52. The molecule has 0 amide bonds. The lowest BCUT2D eigenvalue weighted by Gasteiger charge is -2.11. The summed E-state index contributed by atoms with van der Waals surface area (Å²) in [6.45, 7) is 3.93. The van der Waals surface area contributed by atoms with Gasteiger partial charge in [-0.3, -0.25) is 0 Å². The number of rotatable bonds is 3. The van der Waals surface area contributed by atoms with Crippen LogP contribution in [-0.2, 0) is 0 Å². The molecular formula is C26H19NO3. The van der Waals surface area contributed by atoms with Crippen molar-refractivity contribution in [3.63, 3.8) is 0 Å². The molecule has 0 unspecified atom stereocenters. The van der Waals surface area contributed by atoms with E-state index in [0.29, 0.717) is 22.4 Å². The topological polar surface area (TPSA) is 63.3 Å². The van der Waals surface area contributed by atoms with Crippen LogP contribution in [-0.4, -0.2) is 16.1 Å². The summed E-state index contributed by atoms with van der Waals surface area (Å²) >= 11 is 0. The summed E-state index contributed by atoms with van der Waals surface area (Å²) in [5, 5.41) is 11.6. The van der Waals surface area contributed by atoms with Crippen molar-refractivity contribution < 1.29 is 14.3 Å². The molecule has 5 rings (SSSR count). The zero-order valence-corrected chi connectivity index (χ0v) is 16.6. The van der Waals surface area contributed by atoms with Gasteiger partial charge in [0, 0.05) is 16.3 Å². The van der Waals surface area contributed by atoms with Gasteiger partial charge in [0.1, 0.15) is 11.3 Å². The summed E-state index contributed by atoms with van der Waals surface area (Å²) < 4.78 is 6.05. The van der Waals surface area contributed by atoms with Gasteiger partial charge in [-0.1, -0.05) is 48.5 Å². The van der Waals surface area contributed by atoms with E-state index in [1.54, 1.807) is 6.07 Å². The second kappa shape index (κ2) is 6.85. The number of nitrogens with zero attached hydrogens (tertiary/aromatic N) is 1. The number of aryl methyl sites for hydroxylation is 2. The molecule has 2 heterocycles. The number of benzene rings is 3. The van der Waals surface area contributed by atoms with Gasteiger partial charge in [0.25, 0.3) is 0 Å². The van der Waals surface area contributed by atoms with Crippen molar-refractivity contribution in [2.45, 2.75) is 13.8 Å². The highest BCUT2D eigenvalue weighted by molar-refractivity contribution is 6.06. The van der Waals surface area contributed by atoms with E-state index in [0.717, 1.165) is 33.2 Å². The Morgan fingerprint density at radius 2 is 1.60 bits per heavy atom. The lowest BCUT2D eigenvalue weighted by Crippen LogP contribution is -2.02. The Kier molecular flexibility index (Phi) is 4.14. The predicted molar refractivity (Wildman–Crippen MR) is 119 cm³/mol. The number of carboxylic acids is 1. The van der Waals surface area contributed by atoms with Gasteiger partial charge in [-0.25, -0.2) is 9.78 Å². The van der Waals surface area contributed by atoms with Gasteiger partial charge in [0.2, 0.25) is 0 Å². The number of carboxylic acid groups (broad SMARTS) is 1. The summed E-state index contributed by atoms with van der Waals surface area (Å²) in [5.41, 5.74) is 6.06. The van der Waals surface area contributed by atoms with E-state index >= 15 is 0 Å². The zero-order valence-electron chi connectivity index (χ0n) is 16.6. The minimum atomic E-state index is -0.984. The predicted octanol–water partition coefficient (Wildman–Crippen LogP) is 6.63. The minimum Gasteiger partial charge on any atom is -0.478 e. The molecule has 0 spiro atoms. The van der Waals surface area contributed by atoms with Crippen molar-refractivity contribution in [1.29, 1.82) is 0 Å². The van der Waals surface area contributed by atoms with E-state index in [9.17, 15) is 9.90 Å². The number of para-hydroxylation sites is 1. The number of carbonyl (C=O) groups is 1. The second-order valence-electron chi connectivity index (χ2n) is 7.47. The van der Waals surface area contributed by atoms with Crippen molar-refractivity contribution in [3.05, 3.63) is 89.5 Å². The van der Waals surface area contributed by atoms with Crippen LogP contribution in [0, 0.1) is 13.8 Å². The molecule has 5 aromatic rings. The number of fused-ring (bicyclic) bond motifs is 2. The van der Waals surface area contributed by atoms with Crippen LogP contribution in [0.15, 0.2) is 77.2 Å². The first kappa shape index (κ1) is 18.1. The van der Waals surface area contributed by atoms with Gasteiger partial charge >= 0.3 is 5.97 Å². The third kappa shape index (κ3) is 2.85. The van der Waals surface area contributed by atoms with Crippen LogP contribution < -0.4 is 0 Å². The lowest BCUT2D eigenvalue weighted by atomic mass is 9.96. The van der Waals surface area contributed by atoms with Crippen molar-refractivity contribution in [3.8, 4) is 22.6 Å². The SMILES string of the molecule is Cc1c(-c2cc(C(=O)O)c3cc(-c4ccccc4)cc(C)c3n2)oc2ccccc12. The molecule has 1 N–H and O–H groups in total. The Labute approximate surface area is 173 Å². The molecule has 0 atom stereocenters. The van der Waals surface area contributed by atoms with E-state index in [2.05, 4.69) is 0 Å². The average molecular weight is 393 g/mol. The largest absolute Gasteiger partial charge is 0.478 e. The van der Waals surface area contributed by atoms with Crippen molar-refractivity contribution in [2.75, 3.05) is 0 Å². The molecular weight excluding hydrogens is 374 g/mol. The van der Waals surface area contributed by atoms with E-state index < -0.39 is 5.97 Å². The molecule has 0 radical (unpaired) electrons. The van der Waals surface area contributed by atoms with Gasteiger partial charge in [-0.15, -0.1) is 0 Å². The summed E-state index contributed by atoms with van der Waals surface area (Å²) in [7, 11) is 0. The Bertz CT molecular complexity index is 1430. The van der Waals surface area contributed by atoms with Crippen LogP contribution in [0.2, 0.25) is 0 Å². The molecule has 0 aliphatic heterocycles. The molecule has 0 aliphatic rings. The number of hydrogen-bond donors (Lipinski definition) is 1. The van der Waals surface area contributed by atoms with Crippen molar-refractivity contribution in [2.24, 2.45) is 0 Å². The highest BCUT2D eigenvalue weighted by atomic mass is 16.4. The van der Waals surface area contributed by atoms with Crippen LogP contribution >= 0.6 is 0 Å². The van der Waals surface area contributed by atoms with E-state index in [-0.39, 0.29) is 5.56 Å². The molecule has 30 heavy (non-hydrogen) atoms. The fourth-order valence-electron chi connectivity index (χ4n) is 4.01. The molecule has 3 aromatic carbocycles. The van der Waals surface area contributed by atoms with Gasteiger partial charge in [0.15, 0.2) is 5.76 Å². The molecule has 2 aromatic heterocycles. The summed E-state index contributed by atoms with van der Waals surface area (Å²) in [4.78, 5) is 17.0. The Morgan fingerprint density at radius 3 is 2.33 bits per heavy atom. The highest BCUT2D eigenvalue weighted by Gasteiger charge is 2.19. The molecule has 0 saturated heterocycles. The number of hydrogen-bond acceptors (Lipinski definition) is 3. The van der Waals surface area contributed by atoms with Gasteiger partial charge in [-0.05, 0) is 54.8 Å². The number of pyridine rings is 1. The Balaban J connectivity index is 1.79. The standard InChI is InChI=1S/C26H19NO3/c1-15-12-18(17-8-4-3-5-9-17)13-20-21(26(28)29)14-22(27-24(15)20)25-16(2)19-10-6-7-11-23(19)30-25/h3-14H,1-2H3,(H,28,29). The third-order valence-electron chi connectivity index (χ3n) is 5.52. The summed E-state index contributed by atoms with van der Waals surface area (Å²) in [6, 6.07) is 23.3. The van der Waals surface area contributed by atoms with Crippen LogP contribution in [0.4, 0.5) is 0 Å². The quantitative estimate of drug-likeness (QED) is 0.374. The fourth-order valence-corrected chi connectivity index (χ4v) is 4.01. The molecule has 4 nitrogen and oxygen atoms in total. The van der Waals surface area contributed by atoms with Gasteiger partial charge < -0.3 is 9.52 Å². The fraction of sp³-hybridized carbons (Fsp3) is 0.0769. The molecule has 0 bridgehead atoms. The Hall–Kier alpha value is -3.92. The van der Waals surface area contributed by atoms with Crippen LogP contribution in [0.5, 0.6) is 0 Å². The van der Waals surface area contributed by atoms with Gasteiger partial charge in [0.05, 0.1) is 11.1 Å². The first-order chi connectivity index (χ1) is 14.5. The monoisotopic (exact) mass is 393 g/mol. The average Bonchev–Trinajstić information content (AvgIpc) is 3.10. The van der Waals surface area contributed by atoms with Crippen LogP contribution in [0.3, 0.4) is 0 Å². The highest BCUT2D eigenvalue weighted by Crippen LogP contribution is 2.35. The van der Waals surface area contributed by atoms with Crippen LogP contribution in [0.1, 0.15) is 21.5 Å². The number of aromatic nitrogens is 1. The zero-order chi connectivity index (χ0) is 20.8. The smallest absolute Gasteiger partial charge is 0.336 e. The van der Waals surface area contributed by atoms with E-state index in [1.165, 1.54) is 0 Å². The summed E-state index contributed by atoms with van der Waals surface area (Å²) in [6.07, 6.45) is 0. The van der Waals surface area contributed by atoms with Crippen molar-refractivity contribution >= 4 is 27.8 Å². The van der Waals surface area contributed by atoms with E-state index in [4.69, 9.17) is 9.40 Å². The van der Waals surface area contributed by atoms with Crippen molar-refractivity contribution in [1.82, 2.24) is 4.98 Å². The summed E-state index contributed by atoms with van der Waals surface area (Å²) in [5.74, 6) is -0.380. The number of aromatic carboxylic acids is 1. The molecule has 0 saturated carbocycles. The van der Waals surface area contributed by atoms with Gasteiger partial charge in [-0.2, -0.15) is 0 Å². The maximum absolute atomic E-state index is 12.2. The van der Waals surface area contributed by atoms with Crippen LogP contribution in [0.25, 0.3) is 44.5 Å². The number of furan rings is 1. The molecule has 146 valence electrons. The molecule has 0 fully saturated rings. The first-order valence-corrected chi connectivity index (χ1v) is 9.75. The minimum absolute atomic E-state index is 0.218. The van der Waals surface area contributed by atoms with E-state index in [1.807, 2.05) is 80.6 Å². The first-order valence-electron chi connectivity index (χ1n) is 9.75. The maximum Gasteiger partial charge on any atom is 0.336 e. The molecule has 4 heteroatoms.